The van der Waals surface area contributed by atoms with Gasteiger partial charge in [0.15, 0.2) is 0 Å². The third-order valence-corrected chi connectivity index (χ3v) is 3.79. The molecule has 100 valence electrons. The molecular formula is C14H27NO2. The second kappa shape index (κ2) is 7.00. The van der Waals surface area contributed by atoms with Gasteiger partial charge in [0.25, 0.3) is 0 Å². The minimum absolute atomic E-state index is 0.111. The molecule has 1 aliphatic rings. The second-order valence-corrected chi connectivity index (χ2v) is 5.41. The zero-order valence-electron chi connectivity index (χ0n) is 11.6. The summed E-state index contributed by atoms with van der Waals surface area (Å²) in [6.45, 7) is 4.17. The van der Waals surface area contributed by atoms with Crippen LogP contribution in [0, 0.1) is 0 Å². The average molecular weight is 241 g/mol. The first-order valence-electron chi connectivity index (χ1n) is 6.98. The van der Waals surface area contributed by atoms with E-state index in [0.29, 0.717) is 6.04 Å². The summed E-state index contributed by atoms with van der Waals surface area (Å²) in [5, 5.41) is 3.53. The van der Waals surface area contributed by atoms with Gasteiger partial charge in [-0.05, 0) is 26.2 Å². The molecule has 0 radical (unpaired) electrons. The van der Waals surface area contributed by atoms with Gasteiger partial charge in [0.05, 0.1) is 7.11 Å². The van der Waals surface area contributed by atoms with Crippen LogP contribution in [0.5, 0.6) is 0 Å². The Bertz CT molecular complexity index is 236. The number of unbranched alkanes of at least 4 members (excludes halogenated alkanes) is 2. The maximum Gasteiger partial charge on any atom is 0.325 e. The molecule has 0 aromatic heterocycles. The largest absolute Gasteiger partial charge is 0.468 e. The topological polar surface area (TPSA) is 38.3 Å². The van der Waals surface area contributed by atoms with E-state index in [9.17, 15) is 4.79 Å². The van der Waals surface area contributed by atoms with Crippen molar-refractivity contribution in [1.29, 1.82) is 0 Å². The van der Waals surface area contributed by atoms with Crippen LogP contribution in [0.3, 0.4) is 0 Å². The highest BCUT2D eigenvalue weighted by Gasteiger charge is 2.36. The molecule has 1 fully saturated rings. The Morgan fingerprint density at radius 2 is 2.00 bits per heavy atom. The number of carbonyl (C=O) groups excluding carboxylic acids is 1. The third kappa shape index (κ3) is 4.30. The molecule has 1 rings (SSSR count). The molecule has 0 aromatic carbocycles. The molecule has 17 heavy (non-hydrogen) atoms. The first-order chi connectivity index (χ1) is 8.12. The molecule has 3 heteroatoms. The summed E-state index contributed by atoms with van der Waals surface area (Å²) in [7, 11) is 1.48. The van der Waals surface area contributed by atoms with Gasteiger partial charge >= 0.3 is 5.97 Å². The molecule has 1 aliphatic carbocycles. The van der Waals surface area contributed by atoms with E-state index in [1.165, 1.54) is 45.6 Å². The Hall–Kier alpha value is -0.570. The van der Waals surface area contributed by atoms with Crippen molar-refractivity contribution in [3.8, 4) is 0 Å². The summed E-state index contributed by atoms with van der Waals surface area (Å²) in [5.74, 6) is -0.111. The maximum atomic E-state index is 11.9. The summed E-state index contributed by atoms with van der Waals surface area (Å²) < 4.78 is 4.95. The molecule has 3 nitrogen and oxygen atoms in total. The van der Waals surface area contributed by atoms with Crippen molar-refractivity contribution in [3.63, 3.8) is 0 Å². The Morgan fingerprint density at radius 1 is 1.35 bits per heavy atom. The molecule has 0 bridgehead atoms. The van der Waals surface area contributed by atoms with E-state index in [-0.39, 0.29) is 5.97 Å². The van der Waals surface area contributed by atoms with E-state index >= 15 is 0 Å². The molecule has 1 atom stereocenters. The van der Waals surface area contributed by atoms with Gasteiger partial charge in [-0.1, -0.05) is 39.0 Å². The van der Waals surface area contributed by atoms with Gasteiger partial charge in [-0.2, -0.15) is 0 Å². The molecule has 0 heterocycles. The molecule has 1 unspecified atom stereocenters. The summed E-state index contributed by atoms with van der Waals surface area (Å²) in [5.41, 5.74) is -0.487. The minimum Gasteiger partial charge on any atom is -0.468 e. The highest BCUT2D eigenvalue weighted by atomic mass is 16.5. The highest BCUT2D eigenvalue weighted by Crippen LogP contribution is 2.24. The molecule has 0 amide bonds. The maximum absolute atomic E-state index is 11.9. The number of ether oxygens (including phenoxy) is 1. The molecule has 0 spiro atoms. The Labute approximate surface area is 105 Å². The van der Waals surface area contributed by atoms with E-state index in [2.05, 4.69) is 12.2 Å². The van der Waals surface area contributed by atoms with Gasteiger partial charge in [0.1, 0.15) is 5.54 Å². The summed E-state index contributed by atoms with van der Waals surface area (Å²) in [4.78, 5) is 11.9. The number of rotatable bonds is 7. The number of esters is 1. The van der Waals surface area contributed by atoms with Crippen molar-refractivity contribution in [3.05, 3.63) is 0 Å². The van der Waals surface area contributed by atoms with Gasteiger partial charge < -0.3 is 4.74 Å². The zero-order valence-corrected chi connectivity index (χ0v) is 11.6. The fourth-order valence-electron chi connectivity index (χ4n) is 2.71. The SMILES string of the molecule is CCCCCC(C)(NC1CCCC1)C(=O)OC. The first kappa shape index (κ1) is 14.5. The van der Waals surface area contributed by atoms with Gasteiger partial charge in [-0.15, -0.1) is 0 Å². The van der Waals surface area contributed by atoms with Crippen molar-refractivity contribution in [2.45, 2.75) is 76.8 Å². The minimum atomic E-state index is -0.487. The monoisotopic (exact) mass is 241 g/mol. The van der Waals surface area contributed by atoms with Gasteiger partial charge in [-0.25, -0.2) is 0 Å². The fraction of sp³-hybridized carbons (Fsp3) is 0.929. The molecule has 0 saturated heterocycles. The van der Waals surface area contributed by atoms with Crippen LogP contribution < -0.4 is 5.32 Å². The average Bonchev–Trinajstić information content (AvgIpc) is 2.81. The number of hydrogen-bond acceptors (Lipinski definition) is 3. The van der Waals surface area contributed by atoms with Crippen LogP contribution >= 0.6 is 0 Å². The van der Waals surface area contributed by atoms with Crippen LogP contribution in [0.25, 0.3) is 0 Å². The number of nitrogens with one attached hydrogen (secondary N) is 1. The lowest BCUT2D eigenvalue weighted by Crippen LogP contribution is -2.53. The van der Waals surface area contributed by atoms with Crippen molar-refractivity contribution >= 4 is 5.97 Å². The lowest BCUT2D eigenvalue weighted by atomic mass is 9.93. The summed E-state index contributed by atoms with van der Waals surface area (Å²) in [6.07, 6.45) is 9.28. The number of hydrogen-bond donors (Lipinski definition) is 1. The van der Waals surface area contributed by atoms with E-state index in [4.69, 9.17) is 4.74 Å². The van der Waals surface area contributed by atoms with Gasteiger partial charge in [-0.3, -0.25) is 10.1 Å². The Balaban J connectivity index is 2.53. The standard InChI is InChI=1S/C14H27NO2/c1-4-5-8-11-14(2,13(16)17-3)15-12-9-6-7-10-12/h12,15H,4-11H2,1-3H3. The third-order valence-electron chi connectivity index (χ3n) is 3.79. The quantitative estimate of drug-likeness (QED) is 0.550. The molecular weight excluding hydrogens is 214 g/mol. The van der Waals surface area contributed by atoms with Crippen LogP contribution in [0.2, 0.25) is 0 Å². The van der Waals surface area contributed by atoms with E-state index in [0.717, 1.165) is 12.8 Å². The van der Waals surface area contributed by atoms with Crippen LogP contribution in [-0.4, -0.2) is 24.7 Å². The Kier molecular flexibility index (Phi) is 5.96. The fourth-order valence-corrected chi connectivity index (χ4v) is 2.71. The smallest absolute Gasteiger partial charge is 0.325 e. The van der Waals surface area contributed by atoms with Crippen molar-refractivity contribution in [2.24, 2.45) is 0 Å². The molecule has 0 aliphatic heterocycles. The van der Waals surface area contributed by atoms with E-state index in [1.807, 2.05) is 6.92 Å². The van der Waals surface area contributed by atoms with Gasteiger partial charge in [0, 0.05) is 6.04 Å². The van der Waals surface area contributed by atoms with Crippen molar-refractivity contribution < 1.29 is 9.53 Å². The van der Waals surface area contributed by atoms with Crippen LogP contribution in [0.1, 0.15) is 65.2 Å². The normalized spacial score (nSPS) is 20.2. The zero-order chi connectivity index (χ0) is 12.7. The van der Waals surface area contributed by atoms with Crippen LogP contribution in [0.4, 0.5) is 0 Å². The first-order valence-corrected chi connectivity index (χ1v) is 6.98. The summed E-state index contributed by atoms with van der Waals surface area (Å²) in [6, 6.07) is 0.501. The second-order valence-electron chi connectivity index (χ2n) is 5.41. The van der Waals surface area contributed by atoms with Crippen molar-refractivity contribution in [2.75, 3.05) is 7.11 Å². The lowest BCUT2D eigenvalue weighted by molar-refractivity contribution is -0.148. The Morgan fingerprint density at radius 3 is 2.53 bits per heavy atom. The van der Waals surface area contributed by atoms with Crippen LogP contribution in [-0.2, 0) is 9.53 Å². The molecule has 1 N–H and O–H groups in total. The lowest BCUT2D eigenvalue weighted by Gasteiger charge is -2.31. The number of methoxy groups -OCH3 is 1. The van der Waals surface area contributed by atoms with E-state index < -0.39 is 5.54 Å². The van der Waals surface area contributed by atoms with Gasteiger partial charge in [0.2, 0.25) is 0 Å². The van der Waals surface area contributed by atoms with E-state index in [1.54, 1.807) is 0 Å². The predicted octanol–water partition coefficient (Wildman–Crippen LogP) is 3.03. The summed E-state index contributed by atoms with van der Waals surface area (Å²) >= 11 is 0. The van der Waals surface area contributed by atoms with Crippen LogP contribution in [0.15, 0.2) is 0 Å². The number of carbonyl (C=O) groups is 1. The highest BCUT2D eigenvalue weighted by molar-refractivity contribution is 5.80. The molecule has 0 aromatic rings. The molecule has 1 saturated carbocycles. The predicted molar refractivity (Wildman–Crippen MR) is 70.0 cm³/mol. The van der Waals surface area contributed by atoms with Crippen molar-refractivity contribution in [1.82, 2.24) is 5.32 Å².